The third-order valence-electron chi connectivity index (χ3n) is 2.52. The standard InChI is InChI=1S/C13H12ClNO3/c1-7-5-11(14)10-4-3-9(6-12(10)15-7)18-8(2)13(16)17/h3-6,8H,1-2H3,(H,16,17)/t8-/m1/s1. The third-order valence-corrected chi connectivity index (χ3v) is 2.83. The molecule has 2 rings (SSSR count). The predicted molar refractivity (Wildman–Crippen MR) is 69.2 cm³/mol. The Kier molecular flexibility index (Phi) is 3.39. The number of ether oxygens (including phenoxy) is 1. The highest BCUT2D eigenvalue weighted by atomic mass is 35.5. The first-order chi connectivity index (χ1) is 8.47. The summed E-state index contributed by atoms with van der Waals surface area (Å²) in [7, 11) is 0. The maximum atomic E-state index is 10.7. The summed E-state index contributed by atoms with van der Waals surface area (Å²) in [6, 6.07) is 6.93. The first-order valence-corrected chi connectivity index (χ1v) is 5.81. The van der Waals surface area contributed by atoms with Crippen LogP contribution in [0.25, 0.3) is 10.9 Å². The molecule has 1 aromatic heterocycles. The molecule has 18 heavy (non-hydrogen) atoms. The van der Waals surface area contributed by atoms with E-state index >= 15 is 0 Å². The number of aryl methyl sites for hydroxylation is 1. The molecule has 0 saturated heterocycles. The second kappa shape index (κ2) is 4.82. The fourth-order valence-electron chi connectivity index (χ4n) is 1.62. The van der Waals surface area contributed by atoms with E-state index in [1.54, 1.807) is 24.3 Å². The lowest BCUT2D eigenvalue weighted by atomic mass is 10.2. The topological polar surface area (TPSA) is 59.4 Å². The van der Waals surface area contributed by atoms with Gasteiger partial charge in [0.2, 0.25) is 0 Å². The number of aliphatic carboxylic acids is 1. The molecule has 0 amide bonds. The molecule has 1 N–H and O–H groups in total. The number of halogens is 1. The molecule has 1 aromatic carbocycles. The number of carbonyl (C=O) groups is 1. The summed E-state index contributed by atoms with van der Waals surface area (Å²) >= 11 is 6.10. The van der Waals surface area contributed by atoms with Crippen LogP contribution in [0.15, 0.2) is 24.3 Å². The zero-order valence-electron chi connectivity index (χ0n) is 9.98. The smallest absolute Gasteiger partial charge is 0.344 e. The van der Waals surface area contributed by atoms with Crippen LogP contribution in [0.5, 0.6) is 5.75 Å². The number of rotatable bonds is 3. The van der Waals surface area contributed by atoms with E-state index in [-0.39, 0.29) is 0 Å². The number of hydrogen-bond acceptors (Lipinski definition) is 3. The summed E-state index contributed by atoms with van der Waals surface area (Å²) in [6.07, 6.45) is -0.900. The Hall–Kier alpha value is -1.81. The molecule has 2 aromatic rings. The summed E-state index contributed by atoms with van der Waals surface area (Å²) in [5.41, 5.74) is 1.49. The third kappa shape index (κ3) is 2.54. The van der Waals surface area contributed by atoms with Gasteiger partial charge in [-0.2, -0.15) is 0 Å². The Morgan fingerprint density at radius 2 is 2.17 bits per heavy atom. The van der Waals surface area contributed by atoms with Crippen LogP contribution in [0.3, 0.4) is 0 Å². The Balaban J connectivity index is 2.41. The van der Waals surface area contributed by atoms with Crippen molar-refractivity contribution in [2.75, 3.05) is 0 Å². The average Bonchev–Trinajstić information content (AvgIpc) is 2.27. The molecule has 0 bridgehead atoms. The molecule has 0 aliphatic heterocycles. The maximum Gasteiger partial charge on any atom is 0.344 e. The fourth-order valence-corrected chi connectivity index (χ4v) is 1.93. The van der Waals surface area contributed by atoms with Crippen molar-refractivity contribution in [1.82, 2.24) is 4.98 Å². The maximum absolute atomic E-state index is 10.7. The molecule has 0 saturated carbocycles. The molecule has 4 nitrogen and oxygen atoms in total. The van der Waals surface area contributed by atoms with Gasteiger partial charge in [0.05, 0.1) is 10.5 Å². The lowest BCUT2D eigenvalue weighted by Gasteiger charge is -2.11. The van der Waals surface area contributed by atoms with E-state index in [1.807, 2.05) is 6.92 Å². The minimum Gasteiger partial charge on any atom is -0.479 e. The fraction of sp³-hybridized carbons (Fsp3) is 0.231. The van der Waals surface area contributed by atoms with E-state index in [4.69, 9.17) is 21.4 Å². The van der Waals surface area contributed by atoms with Crippen LogP contribution in [0, 0.1) is 6.92 Å². The highest BCUT2D eigenvalue weighted by molar-refractivity contribution is 6.35. The molecule has 0 spiro atoms. The van der Waals surface area contributed by atoms with Crippen LogP contribution in [-0.2, 0) is 4.79 Å². The van der Waals surface area contributed by atoms with Gasteiger partial charge in [0.1, 0.15) is 5.75 Å². The summed E-state index contributed by atoms with van der Waals surface area (Å²) in [5, 5.41) is 10.2. The number of carboxylic acids is 1. The number of pyridine rings is 1. The quantitative estimate of drug-likeness (QED) is 0.927. The minimum absolute atomic E-state index is 0.464. The van der Waals surface area contributed by atoms with Crippen molar-refractivity contribution in [3.8, 4) is 5.75 Å². The number of carboxylic acid groups (broad SMARTS) is 1. The zero-order chi connectivity index (χ0) is 13.3. The van der Waals surface area contributed by atoms with Gasteiger partial charge in [-0.3, -0.25) is 4.98 Å². The minimum atomic E-state index is -1.01. The lowest BCUT2D eigenvalue weighted by molar-refractivity contribution is -0.144. The van der Waals surface area contributed by atoms with E-state index in [9.17, 15) is 4.79 Å². The lowest BCUT2D eigenvalue weighted by Crippen LogP contribution is -2.22. The van der Waals surface area contributed by atoms with Crippen LogP contribution in [0.4, 0.5) is 0 Å². The molecule has 0 fully saturated rings. The van der Waals surface area contributed by atoms with Gasteiger partial charge in [0.25, 0.3) is 0 Å². The highest BCUT2D eigenvalue weighted by Gasteiger charge is 2.13. The van der Waals surface area contributed by atoms with E-state index in [0.717, 1.165) is 11.1 Å². The molecular weight excluding hydrogens is 254 g/mol. The average molecular weight is 266 g/mol. The van der Waals surface area contributed by atoms with E-state index < -0.39 is 12.1 Å². The molecular formula is C13H12ClNO3. The van der Waals surface area contributed by atoms with Crippen molar-refractivity contribution < 1.29 is 14.6 Å². The monoisotopic (exact) mass is 265 g/mol. The predicted octanol–water partition coefficient (Wildman–Crippen LogP) is 3.05. The molecule has 0 aliphatic rings. The van der Waals surface area contributed by atoms with Crippen LogP contribution >= 0.6 is 11.6 Å². The van der Waals surface area contributed by atoms with E-state index in [1.165, 1.54) is 6.92 Å². The number of aromatic nitrogens is 1. The number of benzene rings is 1. The Morgan fingerprint density at radius 1 is 1.44 bits per heavy atom. The highest BCUT2D eigenvalue weighted by Crippen LogP contribution is 2.26. The van der Waals surface area contributed by atoms with Crippen LogP contribution in [0.2, 0.25) is 5.02 Å². The molecule has 0 radical (unpaired) electrons. The van der Waals surface area contributed by atoms with Crippen molar-refractivity contribution in [2.45, 2.75) is 20.0 Å². The van der Waals surface area contributed by atoms with Crippen LogP contribution in [-0.4, -0.2) is 22.2 Å². The van der Waals surface area contributed by atoms with Gasteiger partial charge in [-0.05, 0) is 32.0 Å². The van der Waals surface area contributed by atoms with Gasteiger partial charge < -0.3 is 9.84 Å². The molecule has 1 heterocycles. The molecule has 94 valence electrons. The second-order valence-electron chi connectivity index (χ2n) is 4.02. The van der Waals surface area contributed by atoms with Gasteiger partial charge in [0.15, 0.2) is 6.10 Å². The summed E-state index contributed by atoms with van der Waals surface area (Å²) in [4.78, 5) is 15.1. The SMILES string of the molecule is Cc1cc(Cl)c2ccc(O[C@H](C)C(=O)O)cc2n1. The normalized spacial score (nSPS) is 12.4. The summed E-state index contributed by atoms with van der Waals surface area (Å²) < 4.78 is 5.28. The summed E-state index contributed by atoms with van der Waals surface area (Å²) in [6.45, 7) is 3.32. The van der Waals surface area contributed by atoms with Crippen molar-refractivity contribution in [2.24, 2.45) is 0 Å². The molecule has 5 heteroatoms. The zero-order valence-corrected chi connectivity index (χ0v) is 10.7. The van der Waals surface area contributed by atoms with Crippen LogP contribution in [0.1, 0.15) is 12.6 Å². The molecule has 1 atom stereocenters. The van der Waals surface area contributed by atoms with Crippen molar-refractivity contribution >= 4 is 28.5 Å². The second-order valence-corrected chi connectivity index (χ2v) is 4.43. The van der Waals surface area contributed by atoms with Crippen molar-refractivity contribution in [3.05, 3.63) is 35.0 Å². The number of hydrogen-bond donors (Lipinski definition) is 1. The first kappa shape index (κ1) is 12.6. The van der Waals surface area contributed by atoms with Gasteiger partial charge in [-0.15, -0.1) is 0 Å². The molecule has 0 aliphatic carbocycles. The van der Waals surface area contributed by atoms with E-state index in [0.29, 0.717) is 16.3 Å². The largest absolute Gasteiger partial charge is 0.479 e. The first-order valence-electron chi connectivity index (χ1n) is 5.44. The Labute approximate surface area is 109 Å². The van der Waals surface area contributed by atoms with E-state index in [2.05, 4.69) is 4.98 Å². The van der Waals surface area contributed by atoms with Gasteiger partial charge >= 0.3 is 5.97 Å². The van der Waals surface area contributed by atoms with Gasteiger partial charge in [-0.25, -0.2) is 4.79 Å². The van der Waals surface area contributed by atoms with Gasteiger partial charge in [-0.1, -0.05) is 11.6 Å². The van der Waals surface area contributed by atoms with Crippen molar-refractivity contribution in [1.29, 1.82) is 0 Å². The summed E-state index contributed by atoms with van der Waals surface area (Å²) in [5.74, 6) is -0.545. The van der Waals surface area contributed by atoms with Crippen LogP contribution < -0.4 is 4.74 Å². The number of nitrogens with zero attached hydrogens (tertiary/aromatic N) is 1. The Bertz CT molecular complexity index is 612. The van der Waals surface area contributed by atoms with Crippen molar-refractivity contribution in [3.63, 3.8) is 0 Å². The van der Waals surface area contributed by atoms with Gasteiger partial charge in [0, 0.05) is 17.1 Å². The Morgan fingerprint density at radius 3 is 2.83 bits per heavy atom. The number of fused-ring (bicyclic) bond motifs is 1. The molecule has 0 unspecified atom stereocenters.